The van der Waals surface area contributed by atoms with Gasteiger partial charge in [0.1, 0.15) is 0 Å². The molecule has 0 saturated heterocycles. The van der Waals surface area contributed by atoms with Crippen molar-refractivity contribution in [2.75, 3.05) is 26.3 Å². The maximum atomic E-state index is 13.2. The summed E-state index contributed by atoms with van der Waals surface area (Å²) in [5.41, 5.74) is -1.61. The molecule has 1 rings (SSSR count). The molecule has 0 aliphatic carbocycles. The second-order valence-electron chi connectivity index (χ2n) is 10.3. The van der Waals surface area contributed by atoms with Crippen LogP contribution in [0.25, 0.3) is 0 Å². The number of unbranched alkanes of at least 4 members (excludes halogenated alkanes) is 10. The van der Waals surface area contributed by atoms with Crippen LogP contribution < -0.4 is 27.7 Å². The summed E-state index contributed by atoms with van der Waals surface area (Å²) >= 11 is 0. The Balaban J connectivity index is 2.73. The van der Waals surface area contributed by atoms with Gasteiger partial charge in [0.2, 0.25) is 0 Å². The van der Waals surface area contributed by atoms with Crippen molar-refractivity contribution in [3.8, 4) is 0 Å². The standard InChI is InChI=1S/C29H53N5O7/c1-4-7-8-11-16-21-32-27(37)33(22-17-12-9-14-19-30-25(35)40-6-3)29(39)34(28(32)38)23-18-13-10-15-20-31-26(36)41-24-5-2/h4-24H2,1-3H3,(H,30,35)(H,31,36). The van der Waals surface area contributed by atoms with Gasteiger partial charge < -0.3 is 20.1 Å². The van der Waals surface area contributed by atoms with E-state index in [1.807, 2.05) is 6.92 Å². The average molecular weight is 584 g/mol. The molecule has 41 heavy (non-hydrogen) atoms. The molecule has 12 nitrogen and oxygen atoms in total. The zero-order valence-corrected chi connectivity index (χ0v) is 25.5. The van der Waals surface area contributed by atoms with Crippen LogP contribution in [0.5, 0.6) is 0 Å². The maximum Gasteiger partial charge on any atom is 0.407 e. The molecule has 0 saturated carbocycles. The Kier molecular flexibility index (Phi) is 19.8. The van der Waals surface area contributed by atoms with Crippen LogP contribution in [0, 0.1) is 0 Å². The summed E-state index contributed by atoms with van der Waals surface area (Å²) in [7, 11) is 0. The molecule has 0 fully saturated rings. The summed E-state index contributed by atoms with van der Waals surface area (Å²) < 4.78 is 13.4. The molecule has 2 N–H and O–H groups in total. The summed E-state index contributed by atoms with van der Waals surface area (Å²) in [6.07, 6.45) is 10.9. The highest BCUT2D eigenvalue weighted by Crippen LogP contribution is 2.04. The molecule has 0 spiro atoms. The van der Waals surface area contributed by atoms with Crippen molar-refractivity contribution in [1.82, 2.24) is 24.3 Å². The lowest BCUT2D eigenvalue weighted by Gasteiger charge is -2.14. The predicted octanol–water partition coefficient (Wildman–Crippen LogP) is 4.15. The Morgan fingerprint density at radius 2 is 0.927 bits per heavy atom. The molecular formula is C29H53N5O7. The Bertz CT molecular complexity index is 1050. The highest BCUT2D eigenvalue weighted by Gasteiger charge is 2.15. The molecule has 12 heteroatoms. The number of nitrogens with zero attached hydrogens (tertiary/aromatic N) is 3. The van der Waals surface area contributed by atoms with Crippen LogP contribution in [0.1, 0.15) is 111 Å². The van der Waals surface area contributed by atoms with Crippen molar-refractivity contribution in [3.63, 3.8) is 0 Å². The summed E-state index contributed by atoms with van der Waals surface area (Å²) in [6, 6.07) is 0. The molecule has 0 aromatic carbocycles. The van der Waals surface area contributed by atoms with Crippen LogP contribution in [-0.4, -0.2) is 52.2 Å². The Morgan fingerprint density at radius 3 is 1.32 bits per heavy atom. The van der Waals surface area contributed by atoms with E-state index < -0.39 is 29.3 Å². The number of hydrogen-bond acceptors (Lipinski definition) is 7. The number of aromatic nitrogens is 3. The average Bonchev–Trinajstić information content (AvgIpc) is 2.95. The Morgan fingerprint density at radius 1 is 0.537 bits per heavy atom. The van der Waals surface area contributed by atoms with Gasteiger partial charge in [-0.05, 0) is 45.4 Å². The molecule has 2 amide bonds. The largest absolute Gasteiger partial charge is 0.450 e. The maximum absolute atomic E-state index is 13.2. The molecule has 1 aromatic rings. The second-order valence-corrected chi connectivity index (χ2v) is 10.3. The topological polar surface area (TPSA) is 143 Å². The SMILES string of the molecule is CCCCCCCn1c(=O)n(CCCCCCNC(=O)OCC)c(=O)n(CCCCCCNC(=O)OCCC)c1=O. The molecule has 0 aliphatic rings. The van der Waals surface area contributed by atoms with Gasteiger partial charge in [0, 0.05) is 32.7 Å². The lowest BCUT2D eigenvalue weighted by Crippen LogP contribution is -2.54. The number of rotatable bonds is 23. The van der Waals surface area contributed by atoms with Gasteiger partial charge >= 0.3 is 29.3 Å². The Labute approximate surface area is 243 Å². The molecule has 0 bridgehead atoms. The number of ether oxygens (including phenoxy) is 2. The number of nitrogens with one attached hydrogen (secondary N) is 2. The van der Waals surface area contributed by atoms with Crippen LogP contribution in [0.2, 0.25) is 0 Å². The summed E-state index contributed by atoms with van der Waals surface area (Å²) in [6.45, 7) is 8.36. The minimum Gasteiger partial charge on any atom is -0.450 e. The fraction of sp³-hybridized carbons (Fsp3) is 0.828. The first kappa shape index (κ1) is 36.0. The number of amides is 2. The number of carbonyl (C=O) groups excluding carboxylic acids is 2. The zero-order valence-electron chi connectivity index (χ0n) is 25.5. The Hall–Kier alpha value is -3.05. The van der Waals surface area contributed by atoms with Gasteiger partial charge in [-0.3, -0.25) is 0 Å². The molecule has 0 radical (unpaired) electrons. The van der Waals surface area contributed by atoms with E-state index in [4.69, 9.17) is 9.47 Å². The number of carbonyl (C=O) groups is 2. The number of alkyl carbamates (subject to hydrolysis) is 2. The van der Waals surface area contributed by atoms with E-state index in [0.29, 0.717) is 52.1 Å². The van der Waals surface area contributed by atoms with E-state index in [2.05, 4.69) is 17.6 Å². The van der Waals surface area contributed by atoms with Crippen LogP contribution in [0.3, 0.4) is 0 Å². The first-order valence-corrected chi connectivity index (χ1v) is 15.6. The minimum atomic E-state index is -0.549. The molecule has 1 aromatic heterocycles. The van der Waals surface area contributed by atoms with Gasteiger partial charge in [0.15, 0.2) is 0 Å². The fourth-order valence-electron chi connectivity index (χ4n) is 4.44. The van der Waals surface area contributed by atoms with Crippen molar-refractivity contribution in [2.45, 2.75) is 130 Å². The van der Waals surface area contributed by atoms with E-state index >= 15 is 0 Å². The minimum absolute atomic E-state index is 0.249. The molecule has 0 unspecified atom stereocenters. The van der Waals surface area contributed by atoms with Gasteiger partial charge in [0.25, 0.3) is 0 Å². The first-order chi connectivity index (χ1) is 19.9. The highest BCUT2D eigenvalue weighted by molar-refractivity contribution is 5.67. The molecule has 236 valence electrons. The summed E-state index contributed by atoms with van der Waals surface area (Å²) in [5, 5.41) is 5.39. The van der Waals surface area contributed by atoms with Crippen LogP contribution in [0.15, 0.2) is 14.4 Å². The van der Waals surface area contributed by atoms with Gasteiger partial charge in [-0.25, -0.2) is 37.7 Å². The molecular weight excluding hydrogens is 530 g/mol. The lowest BCUT2D eigenvalue weighted by atomic mass is 10.1. The van der Waals surface area contributed by atoms with Crippen molar-refractivity contribution in [1.29, 1.82) is 0 Å². The van der Waals surface area contributed by atoms with E-state index in [9.17, 15) is 24.0 Å². The summed E-state index contributed by atoms with van der Waals surface area (Å²) in [5.74, 6) is 0. The fourth-order valence-corrected chi connectivity index (χ4v) is 4.44. The van der Waals surface area contributed by atoms with E-state index in [1.165, 1.54) is 13.7 Å². The lowest BCUT2D eigenvalue weighted by molar-refractivity contribution is 0.146. The van der Waals surface area contributed by atoms with Crippen molar-refractivity contribution in [3.05, 3.63) is 31.5 Å². The van der Waals surface area contributed by atoms with Crippen molar-refractivity contribution < 1.29 is 19.1 Å². The van der Waals surface area contributed by atoms with Crippen LogP contribution >= 0.6 is 0 Å². The highest BCUT2D eigenvalue weighted by atomic mass is 16.6. The van der Waals surface area contributed by atoms with E-state index in [1.54, 1.807) is 6.92 Å². The third kappa shape index (κ3) is 14.9. The van der Waals surface area contributed by atoms with Crippen LogP contribution in [-0.2, 0) is 29.1 Å². The summed E-state index contributed by atoms with van der Waals surface area (Å²) in [4.78, 5) is 62.4. The van der Waals surface area contributed by atoms with Gasteiger partial charge in [-0.1, -0.05) is 65.2 Å². The molecule has 0 atom stereocenters. The van der Waals surface area contributed by atoms with Gasteiger partial charge in [-0.15, -0.1) is 0 Å². The third-order valence-electron chi connectivity index (χ3n) is 6.74. The smallest absolute Gasteiger partial charge is 0.407 e. The van der Waals surface area contributed by atoms with Crippen LogP contribution in [0.4, 0.5) is 9.59 Å². The van der Waals surface area contributed by atoms with Gasteiger partial charge in [0.05, 0.1) is 13.2 Å². The monoisotopic (exact) mass is 583 g/mol. The van der Waals surface area contributed by atoms with Crippen molar-refractivity contribution in [2.24, 2.45) is 0 Å². The van der Waals surface area contributed by atoms with Gasteiger partial charge in [-0.2, -0.15) is 0 Å². The normalized spacial score (nSPS) is 10.9. The third-order valence-corrected chi connectivity index (χ3v) is 6.74. The zero-order chi connectivity index (χ0) is 30.3. The molecule has 1 heterocycles. The second kappa shape index (κ2) is 22.6. The molecule has 0 aliphatic heterocycles. The van der Waals surface area contributed by atoms with E-state index in [0.717, 1.165) is 70.6 Å². The number of hydrogen-bond donors (Lipinski definition) is 2. The van der Waals surface area contributed by atoms with E-state index in [-0.39, 0.29) is 13.1 Å². The quantitative estimate of drug-likeness (QED) is 0.184. The predicted molar refractivity (Wildman–Crippen MR) is 160 cm³/mol. The van der Waals surface area contributed by atoms with Crippen molar-refractivity contribution >= 4 is 12.2 Å². The first-order valence-electron chi connectivity index (χ1n) is 15.6.